The van der Waals surface area contributed by atoms with Crippen LogP contribution in [-0.4, -0.2) is 17.4 Å². The van der Waals surface area contributed by atoms with E-state index in [4.69, 9.17) is 5.26 Å². The van der Waals surface area contributed by atoms with Gasteiger partial charge in [-0.25, -0.2) is 5.43 Å². The van der Waals surface area contributed by atoms with E-state index in [0.717, 1.165) is 11.3 Å². The molecule has 0 aliphatic carbocycles. The van der Waals surface area contributed by atoms with Gasteiger partial charge in [0, 0.05) is 5.75 Å². The molecule has 2 aromatic carbocycles. The number of amides is 1. The number of nitriles is 1. The third-order valence-electron chi connectivity index (χ3n) is 3.14. The van der Waals surface area contributed by atoms with Crippen LogP contribution in [-0.2, 0) is 10.5 Å². The maximum absolute atomic E-state index is 12.0. The van der Waals surface area contributed by atoms with Crippen molar-refractivity contribution >= 4 is 23.9 Å². The molecule has 2 rings (SSSR count). The van der Waals surface area contributed by atoms with E-state index in [2.05, 4.69) is 16.6 Å². The summed E-state index contributed by atoms with van der Waals surface area (Å²) in [5, 5.41) is 12.5. The highest BCUT2D eigenvalue weighted by Crippen LogP contribution is 2.17. The normalized spacial score (nSPS) is 11.8. The van der Waals surface area contributed by atoms with Gasteiger partial charge in [-0.05, 0) is 30.2 Å². The van der Waals surface area contributed by atoms with Crippen LogP contribution in [0.25, 0.3) is 0 Å². The number of hydrogen-bond donors (Lipinski definition) is 1. The van der Waals surface area contributed by atoms with Crippen molar-refractivity contribution < 1.29 is 4.79 Å². The summed E-state index contributed by atoms with van der Waals surface area (Å²) >= 11 is 1.57. The molecule has 0 saturated carbocycles. The molecule has 5 heteroatoms. The first-order chi connectivity index (χ1) is 11.2. The summed E-state index contributed by atoms with van der Waals surface area (Å²) in [6.07, 6.45) is 1.56. The Kier molecular flexibility index (Phi) is 6.40. The van der Waals surface area contributed by atoms with Crippen LogP contribution in [0.1, 0.15) is 23.6 Å². The number of rotatable bonds is 6. The number of benzene rings is 2. The molecule has 0 aromatic heterocycles. The predicted octanol–water partition coefficient (Wildman–Crippen LogP) is 3.33. The van der Waals surface area contributed by atoms with Crippen LogP contribution in [0, 0.1) is 11.3 Å². The number of hydrazone groups is 1. The molecule has 0 aliphatic rings. The highest BCUT2D eigenvalue weighted by atomic mass is 32.2. The molecule has 1 amide bonds. The average Bonchev–Trinajstić information content (AvgIpc) is 2.61. The highest BCUT2D eigenvalue weighted by molar-refractivity contribution is 7.99. The molecule has 0 heterocycles. The lowest BCUT2D eigenvalue weighted by Gasteiger charge is -2.09. The fraction of sp³-hybridized carbons (Fsp3) is 0.167. The molecule has 0 fully saturated rings. The van der Waals surface area contributed by atoms with Crippen molar-refractivity contribution in [2.24, 2.45) is 5.10 Å². The van der Waals surface area contributed by atoms with Gasteiger partial charge >= 0.3 is 0 Å². The summed E-state index contributed by atoms with van der Waals surface area (Å²) in [4.78, 5) is 12.0. The predicted molar refractivity (Wildman–Crippen MR) is 94.1 cm³/mol. The zero-order valence-corrected chi connectivity index (χ0v) is 13.6. The Labute approximate surface area is 140 Å². The van der Waals surface area contributed by atoms with Gasteiger partial charge in [-0.2, -0.15) is 10.4 Å². The van der Waals surface area contributed by atoms with Gasteiger partial charge in [0.2, 0.25) is 0 Å². The van der Waals surface area contributed by atoms with Gasteiger partial charge in [-0.1, -0.05) is 42.5 Å². The minimum absolute atomic E-state index is 0.129. The second-order valence-corrected chi connectivity index (χ2v) is 6.24. The minimum Gasteiger partial charge on any atom is -0.272 e. The lowest BCUT2D eigenvalue weighted by molar-refractivity contribution is -0.120. The quantitative estimate of drug-likeness (QED) is 0.655. The first-order valence-electron chi connectivity index (χ1n) is 7.17. The van der Waals surface area contributed by atoms with Crippen LogP contribution in [0.15, 0.2) is 59.7 Å². The van der Waals surface area contributed by atoms with Crippen LogP contribution >= 0.6 is 11.8 Å². The second-order valence-electron chi connectivity index (χ2n) is 4.91. The Hall–Kier alpha value is -2.58. The number of nitrogens with one attached hydrogen (secondary N) is 1. The number of carbonyl (C=O) groups is 1. The zero-order chi connectivity index (χ0) is 16.5. The fourth-order valence-electron chi connectivity index (χ4n) is 1.78. The molecular weight excluding hydrogens is 306 g/mol. The maximum atomic E-state index is 12.0. The third-order valence-corrected chi connectivity index (χ3v) is 4.35. The smallest absolute Gasteiger partial charge is 0.252 e. The Balaban J connectivity index is 1.79. The zero-order valence-electron chi connectivity index (χ0n) is 12.8. The summed E-state index contributed by atoms with van der Waals surface area (Å²) in [7, 11) is 0. The van der Waals surface area contributed by atoms with E-state index in [-0.39, 0.29) is 11.2 Å². The van der Waals surface area contributed by atoms with Gasteiger partial charge in [0.1, 0.15) is 0 Å². The van der Waals surface area contributed by atoms with Crippen LogP contribution in [0.3, 0.4) is 0 Å². The van der Waals surface area contributed by atoms with Gasteiger partial charge in [0.15, 0.2) is 0 Å². The Morgan fingerprint density at radius 3 is 2.61 bits per heavy atom. The number of thioether (sulfide) groups is 1. The highest BCUT2D eigenvalue weighted by Gasteiger charge is 2.12. The fourth-order valence-corrected chi connectivity index (χ4v) is 2.62. The summed E-state index contributed by atoms with van der Waals surface area (Å²) in [5.74, 6) is 0.658. The van der Waals surface area contributed by atoms with E-state index < -0.39 is 0 Å². The molecule has 0 aliphatic heterocycles. The van der Waals surface area contributed by atoms with Crippen molar-refractivity contribution in [2.75, 3.05) is 0 Å². The standard InChI is InChI=1S/C18H17N3OS/c1-14(23-13-17-5-3-2-4-6-17)18(22)21-20-12-16-9-7-15(11-19)8-10-16/h2-10,12,14H,13H2,1H3,(H,21,22)/b20-12-/t14-/m1/s1. The van der Waals surface area contributed by atoms with Crippen molar-refractivity contribution in [3.05, 3.63) is 71.3 Å². The second kappa shape index (κ2) is 8.76. The molecule has 116 valence electrons. The van der Waals surface area contributed by atoms with E-state index >= 15 is 0 Å². The van der Waals surface area contributed by atoms with Crippen molar-refractivity contribution in [1.82, 2.24) is 5.43 Å². The molecule has 4 nitrogen and oxygen atoms in total. The maximum Gasteiger partial charge on any atom is 0.252 e. The van der Waals surface area contributed by atoms with Crippen molar-refractivity contribution in [3.8, 4) is 6.07 Å². The summed E-state index contributed by atoms with van der Waals surface area (Å²) < 4.78 is 0. The molecule has 0 radical (unpaired) electrons. The Morgan fingerprint density at radius 2 is 1.96 bits per heavy atom. The van der Waals surface area contributed by atoms with Crippen molar-refractivity contribution in [2.45, 2.75) is 17.9 Å². The SMILES string of the molecule is C[C@@H](SCc1ccccc1)C(=O)N/N=C\c1ccc(C#N)cc1. The number of carbonyl (C=O) groups excluding carboxylic acids is 1. The lowest BCUT2D eigenvalue weighted by atomic mass is 10.2. The minimum atomic E-state index is -0.187. The van der Waals surface area contributed by atoms with Crippen LogP contribution in [0.4, 0.5) is 0 Å². The van der Waals surface area contributed by atoms with Gasteiger partial charge < -0.3 is 0 Å². The summed E-state index contributed by atoms with van der Waals surface area (Å²) in [6, 6.07) is 19.1. The van der Waals surface area contributed by atoms with Crippen molar-refractivity contribution in [1.29, 1.82) is 5.26 Å². The van der Waals surface area contributed by atoms with E-state index in [1.54, 1.807) is 42.2 Å². The molecule has 0 spiro atoms. The summed E-state index contributed by atoms with van der Waals surface area (Å²) in [5.41, 5.74) is 5.16. The average molecular weight is 323 g/mol. The lowest BCUT2D eigenvalue weighted by Crippen LogP contribution is -2.26. The van der Waals surface area contributed by atoms with E-state index in [1.165, 1.54) is 5.56 Å². The molecule has 0 unspecified atom stereocenters. The van der Waals surface area contributed by atoms with E-state index in [1.807, 2.05) is 37.3 Å². The molecule has 1 atom stereocenters. The van der Waals surface area contributed by atoms with E-state index in [0.29, 0.717) is 5.56 Å². The Bertz CT molecular complexity index is 705. The number of nitrogens with zero attached hydrogens (tertiary/aromatic N) is 2. The topological polar surface area (TPSA) is 65.2 Å². The Morgan fingerprint density at radius 1 is 1.26 bits per heavy atom. The molecule has 23 heavy (non-hydrogen) atoms. The molecule has 0 saturated heterocycles. The largest absolute Gasteiger partial charge is 0.272 e. The van der Waals surface area contributed by atoms with Gasteiger partial charge in [0.05, 0.1) is 23.1 Å². The first kappa shape index (κ1) is 16.8. The van der Waals surface area contributed by atoms with Gasteiger partial charge in [-0.15, -0.1) is 11.8 Å². The molecule has 2 aromatic rings. The van der Waals surface area contributed by atoms with Crippen molar-refractivity contribution in [3.63, 3.8) is 0 Å². The van der Waals surface area contributed by atoms with Gasteiger partial charge in [0.25, 0.3) is 5.91 Å². The molecule has 1 N–H and O–H groups in total. The van der Waals surface area contributed by atoms with Crippen LogP contribution < -0.4 is 5.43 Å². The van der Waals surface area contributed by atoms with Gasteiger partial charge in [-0.3, -0.25) is 4.79 Å². The van der Waals surface area contributed by atoms with Crippen LogP contribution in [0.5, 0.6) is 0 Å². The summed E-state index contributed by atoms with van der Waals surface area (Å²) in [6.45, 7) is 1.86. The first-order valence-corrected chi connectivity index (χ1v) is 8.22. The number of hydrogen-bond acceptors (Lipinski definition) is 4. The van der Waals surface area contributed by atoms with E-state index in [9.17, 15) is 4.79 Å². The molecule has 0 bridgehead atoms. The monoisotopic (exact) mass is 323 g/mol. The molecular formula is C18H17N3OS. The van der Waals surface area contributed by atoms with Crippen LogP contribution in [0.2, 0.25) is 0 Å². The third kappa shape index (κ3) is 5.61.